The molecule has 0 aliphatic rings. The highest BCUT2D eigenvalue weighted by molar-refractivity contribution is 7.91. The third-order valence-corrected chi connectivity index (χ3v) is 7.60. The maximum atomic E-state index is 13.2. The van der Waals surface area contributed by atoms with Crippen LogP contribution >= 0.6 is 0 Å². The normalized spacial score (nSPS) is 11.8. The van der Waals surface area contributed by atoms with Gasteiger partial charge in [0, 0.05) is 30.6 Å². The first kappa shape index (κ1) is 24.6. The Morgan fingerprint density at radius 1 is 0.970 bits per heavy atom. The minimum absolute atomic E-state index is 0.00269. The number of benzene rings is 2. The van der Waals surface area contributed by atoms with Crippen molar-refractivity contribution in [3.8, 4) is 17.4 Å². The predicted molar refractivity (Wildman–Crippen MR) is 121 cm³/mol. The van der Waals surface area contributed by atoms with Gasteiger partial charge in [-0.1, -0.05) is 19.1 Å². The van der Waals surface area contributed by atoms with E-state index >= 15 is 0 Å². The van der Waals surface area contributed by atoms with E-state index in [1.165, 1.54) is 48.7 Å². The van der Waals surface area contributed by atoms with Gasteiger partial charge in [-0.05, 0) is 42.0 Å². The predicted octanol–water partition coefficient (Wildman–Crippen LogP) is 3.31. The first-order chi connectivity index (χ1) is 15.7. The summed E-state index contributed by atoms with van der Waals surface area (Å²) in [5, 5.41) is 0. The van der Waals surface area contributed by atoms with E-state index in [1.54, 1.807) is 25.1 Å². The number of ether oxygens (including phenoxy) is 2. The zero-order valence-corrected chi connectivity index (χ0v) is 19.4. The van der Waals surface area contributed by atoms with E-state index in [-0.39, 0.29) is 35.4 Å². The zero-order valence-electron chi connectivity index (χ0n) is 17.8. The Bertz CT molecular complexity index is 1280. The number of sulfonamides is 1. The minimum atomic E-state index is -3.79. The Morgan fingerprint density at radius 3 is 2.36 bits per heavy atom. The summed E-state index contributed by atoms with van der Waals surface area (Å²) in [7, 11) is -6.92. The van der Waals surface area contributed by atoms with Gasteiger partial charge in [0.1, 0.15) is 23.9 Å². The van der Waals surface area contributed by atoms with Crippen molar-refractivity contribution in [3.63, 3.8) is 0 Å². The average Bonchev–Trinajstić information content (AvgIpc) is 2.79. The Kier molecular flexibility index (Phi) is 8.01. The molecule has 0 bridgehead atoms. The molecular formula is C22H23FN2O6S2. The molecule has 0 aliphatic heterocycles. The number of aromatic nitrogens is 1. The molecule has 2 aromatic carbocycles. The first-order valence-electron chi connectivity index (χ1n) is 9.98. The van der Waals surface area contributed by atoms with Gasteiger partial charge in [0.25, 0.3) is 0 Å². The standard InChI is InChI=1S/C22H23FN2O6S2/c1-2-32(26,27)13-12-30-19-7-9-21(10-8-19)33(28,29)25-16-17-6-11-22(24-15-17)31-20-5-3-4-18(23)14-20/h3-11,14-15,25H,2,12-13,16H2,1H3. The molecule has 1 N–H and O–H groups in total. The second kappa shape index (κ2) is 10.7. The van der Waals surface area contributed by atoms with Crippen LogP contribution in [-0.4, -0.2) is 39.9 Å². The van der Waals surface area contributed by atoms with Crippen LogP contribution in [0.25, 0.3) is 0 Å². The molecule has 3 rings (SSSR count). The molecule has 11 heteroatoms. The molecule has 0 saturated heterocycles. The summed E-state index contributed by atoms with van der Waals surface area (Å²) in [5.41, 5.74) is 0.599. The van der Waals surface area contributed by atoms with Gasteiger partial charge >= 0.3 is 0 Å². The van der Waals surface area contributed by atoms with Gasteiger partial charge in [-0.15, -0.1) is 0 Å². The second-order valence-electron chi connectivity index (χ2n) is 6.94. The van der Waals surface area contributed by atoms with E-state index in [9.17, 15) is 21.2 Å². The Labute approximate surface area is 192 Å². The van der Waals surface area contributed by atoms with Crippen molar-refractivity contribution in [2.75, 3.05) is 18.1 Å². The van der Waals surface area contributed by atoms with Gasteiger partial charge in [0.2, 0.25) is 15.9 Å². The highest BCUT2D eigenvalue weighted by atomic mass is 32.2. The molecule has 0 saturated carbocycles. The number of nitrogens with zero attached hydrogens (tertiary/aromatic N) is 1. The fourth-order valence-electron chi connectivity index (χ4n) is 2.63. The van der Waals surface area contributed by atoms with Crippen LogP contribution in [0, 0.1) is 5.82 Å². The highest BCUT2D eigenvalue weighted by Gasteiger charge is 2.14. The Morgan fingerprint density at radius 2 is 1.73 bits per heavy atom. The lowest BCUT2D eigenvalue weighted by atomic mass is 10.3. The largest absolute Gasteiger partial charge is 0.493 e. The van der Waals surface area contributed by atoms with Crippen LogP contribution in [0.1, 0.15) is 12.5 Å². The van der Waals surface area contributed by atoms with Crippen molar-refractivity contribution < 1.29 is 30.7 Å². The molecule has 8 nitrogen and oxygen atoms in total. The molecular weight excluding hydrogens is 471 g/mol. The van der Waals surface area contributed by atoms with E-state index in [4.69, 9.17) is 9.47 Å². The highest BCUT2D eigenvalue weighted by Crippen LogP contribution is 2.20. The van der Waals surface area contributed by atoms with E-state index in [0.29, 0.717) is 17.1 Å². The van der Waals surface area contributed by atoms with Gasteiger partial charge < -0.3 is 9.47 Å². The van der Waals surface area contributed by atoms with Crippen LogP contribution in [0.5, 0.6) is 17.4 Å². The molecule has 3 aromatic rings. The summed E-state index contributed by atoms with van der Waals surface area (Å²) in [5.74, 6) is 0.425. The van der Waals surface area contributed by atoms with Crippen molar-refractivity contribution in [3.05, 3.63) is 78.2 Å². The summed E-state index contributed by atoms with van der Waals surface area (Å²) in [4.78, 5) is 4.14. The van der Waals surface area contributed by atoms with E-state index < -0.39 is 25.7 Å². The van der Waals surface area contributed by atoms with Crippen LogP contribution in [0.2, 0.25) is 0 Å². The summed E-state index contributed by atoms with van der Waals surface area (Å²) in [6, 6.07) is 14.5. The number of halogens is 1. The number of nitrogens with one attached hydrogen (secondary N) is 1. The smallest absolute Gasteiger partial charge is 0.240 e. The van der Waals surface area contributed by atoms with E-state index in [2.05, 4.69) is 9.71 Å². The lowest BCUT2D eigenvalue weighted by Gasteiger charge is -2.10. The van der Waals surface area contributed by atoms with Crippen molar-refractivity contribution in [2.45, 2.75) is 18.4 Å². The van der Waals surface area contributed by atoms with Crippen LogP contribution in [0.4, 0.5) is 4.39 Å². The fraction of sp³-hybridized carbons (Fsp3) is 0.227. The molecule has 33 heavy (non-hydrogen) atoms. The maximum absolute atomic E-state index is 13.2. The monoisotopic (exact) mass is 494 g/mol. The van der Waals surface area contributed by atoms with Gasteiger partial charge in [-0.2, -0.15) is 0 Å². The summed E-state index contributed by atoms with van der Waals surface area (Å²) < 4.78 is 74.6. The lowest BCUT2D eigenvalue weighted by Crippen LogP contribution is -2.23. The summed E-state index contributed by atoms with van der Waals surface area (Å²) >= 11 is 0. The molecule has 0 radical (unpaired) electrons. The lowest BCUT2D eigenvalue weighted by molar-refractivity contribution is 0.340. The van der Waals surface area contributed by atoms with Crippen molar-refractivity contribution in [2.24, 2.45) is 0 Å². The summed E-state index contributed by atoms with van der Waals surface area (Å²) in [6.45, 7) is 1.56. The molecule has 0 aliphatic carbocycles. The van der Waals surface area contributed by atoms with Gasteiger partial charge in [0.15, 0.2) is 9.84 Å². The van der Waals surface area contributed by atoms with Crippen LogP contribution in [0.15, 0.2) is 71.8 Å². The second-order valence-corrected chi connectivity index (χ2v) is 11.2. The Hall–Kier alpha value is -3.02. The third-order valence-electron chi connectivity index (χ3n) is 4.52. The van der Waals surface area contributed by atoms with Crippen molar-refractivity contribution in [1.82, 2.24) is 9.71 Å². The molecule has 1 aromatic heterocycles. The molecule has 0 atom stereocenters. The molecule has 0 unspecified atom stereocenters. The fourth-order valence-corrected chi connectivity index (χ4v) is 4.28. The number of rotatable bonds is 11. The maximum Gasteiger partial charge on any atom is 0.240 e. The zero-order chi connectivity index (χ0) is 23.9. The van der Waals surface area contributed by atoms with Gasteiger partial charge in [0.05, 0.1) is 10.6 Å². The molecule has 0 fully saturated rings. The first-order valence-corrected chi connectivity index (χ1v) is 13.3. The number of hydrogen-bond donors (Lipinski definition) is 1. The van der Waals surface area contributed by atoms with Crippen molar-refractivity contribution >= 4 is 19.9 Å². The molecule has 0 spiro atoms. The topological polar surface area (TPSA) is 112 Å². The quantitative estimate of drug-likeness (QED) is 0.435. The molecule has 176 valence electrons. The van der Waals surface area contributed by atoms with E-state index in [1.807, 2.05) is 0 Å². The molecule has 1 heterocycles. The van der Waals surface area contributed by atoms with Gasteiger partial charge in [-0.25, -0.2) is 30.9 Å². The minimum Gasteiger partial charge on any atom is -0.493 e. The van der Waals surface area contributed by atoms with Crippen LogP contribution in [-0.2, 0) is 26.4 Å². The van der Waals surface area contributed by atoms with Crippen LogP contribution in [0.3, 0.4) is 0 Å². The SMILES string of the molecule is CCS(=O)(=O)CCOc1ccc(S(=O)(=O)NCc2ccc(Oc3cccc(F)c3)nc2)cc1. The van der Waals surface area contributed by atoms with Crippen molar-refractivity contribution in [1.29, 1.82) is 0 Å². The third kappa shape index (κ3) is 7.52. The number of hydrogen-bond acceptors (Lipinski definition) is 7. The molecule has 0 amide bonds. The average molecular weight is 495 g/mol. The Balaban J connectivity index is 1.54. The van der Waals surface area contributed by atoms with Gasteiger partial charge in [-0.3, -0.25) is 0 Å². The van der Waals surface area contributed by atoms with E-state index in [0.717, 1.165) is 0 Å². The van der Waals surface area contributed by atoms with Crippen LogP contribution < -0.4 is 14.2 Å². The number of pyridine rings is 1. The number of sulfone groups is 1. The summed E-state index contributed by atoms with van der Waals surface area (Å²) in [6.07, 6.45) is 1.46.